The highest BCUT2D eigenvalue weighted by molar-refractivity contribution is 6.31. The Morgan fingerprint density at radius 3 is 2.83 bits per heavy atom. The summed E-state index contributed by atoms with van der Waals surface area (Å²) in [6.07, 6.45) is 0.764. The van der Waals surface area contributed by atoms with Crippen LogP contribution in [0.5, 0.6) is 0 Å². The standard InChI is InChI=1S/C15H13BClN3O3/c1-8-18-11-7-9(17)4-5-10(11)13(22)20(8)15(16)6-2-3-12(21)19-14(15)23/h4-5,7H,2-3,6H2,1H3,(H,19,21,23)/t15-/m0/s1. The van der Waals surface area contributed by atoms with Gasteiger partial charge in [-0.15, -0.1) is 0 Å². The van der Waals surface area contributed by atoms with Gasteiger partial charge in [-0.3, -0.25) is 24.3 Å². The molecule has 23 heavy (non-hydrogen) atoms. The first kappa shape index (κ1) is 15.7. The first-order valence-corrected chi connectivity index (χ1v) is 7.53. The number of nitrogens with one attached hydrogen (secondary N) is 1. The molecule has 116 valence electrons. The minimum atomic E-state index is -1.64. The van der Waals surface area contributed by atoms with Gasteiger partial charge in [0.05, 0.1) is 16.3 Å². The van der Waals surface area contributed by atoms with Gasteiger partial charge in [-0.2, -0.15) is 0 Å². The van der Waals surface area contributed by atoms with Crippen molar-refractivity contribution in [3.8, 4) is 0 Å². The summed E-state index contributed by atoms with van der Waals surface area (Å²) in [5, 5.41) is 3.00. The van der Waals surface area contributed by atoms with Crippen molar-refractivity contribution in [2.45, 2.75) is 31.6 Å². The third-order valence-corrected chi connectivity index (χ3v) is 4.24. The molecule has 0 spiro atoms. The molecule has 0 aliphatic carbocycles. The molecule has 0 unspecified atom stereocenters. The Morgan fingerprint density at radius 2 is 2.09 bits per heavy atom. The van der Waals surface area contributed by atoms with E-state index in [0.717, 1.165) is 4.57 Å². The second-order valence-corrected chi connectivity index (χ2v) is 6.05. The largest absolute Gasteiger partial charge is 0.295 e. The zero-order chi connectivity index (χ0) is 16.8. The number of hydrogen-bond acceptors (Lipinski definition) is 4. The maximum absolute atomic E-state index is 12.8. The quantitative estimate of drug-likeness (QED) is 0.625. The van der Waals surface area contributed by atoms with Gasteiger partial charge in [0.1, 0.15) is 13.7 Å². The van der Waals surface area contributed by atoms with Gasteiger partial charge in [-0.25, -0.2) is 4.98 Å². The van der Waals surface area contributed by atoms with Crippen molar-refractivity contribution >= 4 is 42.2 Å². The topological polar surface area (TPSA) is 81.1 Å². The third kappa shape index (κ3) is 2.55. The predicted molar refractivity (Wildman–Crippen MR) is 86.5 cm³/mol. The fourth-order valence-corrected chi connectivity index (χ4v) is 3.05. The summed E-state index contributed by atoms with van der Waals surface area (Å²) in [7, 11) is 6.24. The van der Waals surface area contributed by atoms with Crippen LogP contribution in [-0.4, -0.2) is 29.2 Å². The van der Waals surface area contributed by atoms with Crippen LogP contribution in [0.4, 0.5) is 0 Å². The average Bonchev–Trinajstić information content (AvgIpc) is 2.58. The number of imide groups is 1. The van der Waals surface area contributed by atoms with Crippen LogP contribution in [0, 0.1) is 6.92 Å². The van der Waals surface area contributed by atoms with Gasteiger partial charge in [0.25, 0.3) is 5.56 Å². The van der Waals surface area contributed by atoms with Crippen LogP contribution in [0.2, 0.25) is 5.02 Å². The van der Waals surface area contributed by atoms with Crippen molar-refractivity contribution in [2.75, 3.05) is 0 Å². The summed E-state index contributed by atoms with van der Waals surface area (Å²) in [5.41, 5.74) is -1.64. The number of hydrogen-bond donors (Lipinski definition) is 1. The van der Waals surface area contributed by atoms with Crippen molar-refractivity contribution in [3.63, 3.8) is 0 Å². The number of carbonyl (C=O) groups is 2. The maximum atomic E-state index is 12.8. The number of halogens is 1. The Balaban J connectivity index is 2.26. The van der Waals surface area contributed by atoms with Gasteiger partial charge in [0.15, 0.2) is 0 Å². The molecule has 8 heteroatoms. The van der Waals surface area contributed by atoms with Gasteiger partial charge in [0, 0.05) is 11.4 Å². The van der Waals surface area contributed by atoms with Crippen molar-refractivity contribution in [1.29, 1.82) is 0 Å². The SMILES string of the molecule is [B][C@]1(n2c(C)nc3cc(Cl)ccc3c2=O)CCCC(=O)NC1=O. The molecule has 2 radical (unpaired) electrons. The monoisotopic (exact) mass is 329 g/mol. The van der Waals surface area contributed by atoms with Crippen LogP contribution in [-0.2, 0) is 15.0 Å². The molecule has 2 aromatic rings. The van der Waals surface area contributed by atoms with E-state index < -0.39 is 22.8 Å². The molecule has 1 aliphatic rings. The van der Waals surface area contributed by atoms with Crippen molar-refractivity contribution in [1.82, 2.24) is 14.9 Å². The molecule has 0 bridgehead atoms. The van der Waals surface area contributed by atoms with Crippen LogP contribution in [0.15, 0.2) is 23.0 Å². The third-order valence-electron chi connectivity index (χ3n) is 4.01. The Bertz CT molecular complexity index is 895. The Hall–Kier alpha value is -2.15. The summed E-state index contributed by atoms with van der Waals surface area (Å²) < 4.78 is 1.16. The summed E-state index contributed by atoms with van der Waals surface area (Å²) in [6, 6.07) is 4.70. The number of amides is 2. The first-order valence-electron chi connectivity index (χ1n) is 7.15. The van der Waals surface area contributed by atoms with E-state index in [2.05, 4.69) is 10.3 Å². The maximum Gasteiger partial charge on any atom is 0.261 e. The predicted octanol–water partition coefficient (Wildman–Crippen LogP) is 1.01. The Kier molecular flexibility index (Phi) is 3.76. The molecule has 1 aliphatic heterocycles. The molecule has 1 fully saturated rings. The molecule has 6 nitrogen and oxygen atoms in total. The van der Waals surface area contributed by atoms with Crippen molar-refractivity contribution < 1.29 is 9.59 Å². The fraction of sp³-hybridized carbons (Fsp3) is 0.333. The smallest absolute Gasteiger partial charge is 0.261 e. The molecule has 2 heterocycles. The minimum absolute atomic E-state index is 0.173. The lowest BCUT2D eigenvalue weighted by Gasteiger charge is -2.30. The van der Waals surface area contributed by atoms with Gasteiger partial charge in [0.2, 0.25) is 11.8 Å². The number of carbonyl (C=O) groups excluding carboxylic acids is 2. The zero-order valence-corrected chi connectivity index (χ0v) is 13.2. The van der Waals surface area contributed by atoms with Gasteiger partial charge in [-0.1, -0.05) is 11.6 Å². The molecule has 3 rings (SSSR count). The minimum Gasteiger partial charge on any atom is -0.295 e. The molecule has 1 aromatic heterocycles. The van der Waals surface area contributed by atoms with Crippen LogP contribution >= 0.6 is 11.6 Å². The molecular weight excluding hydrogens is 316 g/mol. The van der Waals surface area contributed by atoms with E-state index in [9.17, 15) is 14.4 Å². The van der Waals surface area contributed by atoms with E-state index >= 15 is 0 Å². The van der Waals surface area contributed by atoms with Gasteiger partial charge >= 0.3 is 0 Å². The molecule has 1 atom stereocenters. The average molecular weight is 330 g/mol. The highest BCUT2D eigenvalue weighted by Gasteiger charge is 2.39. The summed E-state index contributed by atoms with van der Waals surface area (Å²) in [6.45, 7) is 1.59. The fourth-order valence-electron chi connectivity index (χ4n) is 2.88. The number of aromatic nitrogens is 2. The number of fused-ring (bicyclic) bond motifs is 1. The number of aryl methyl sites for hydroxylation is 1. The lowest BCUT2D eigenvalue weighted by Crippen LogP contribution is -2.54. The van der Waals surface area contributed by atoms with E-state index in [-0.39, 0.29) is 18.7 Å². The Morgan fingerprint density at radius 1 is 1.35 bits per heavy atom. The van der Waals surface area contributed by atoms with E-state index in [4.69, 9.17) is 19.4 Å². The van der Waals surface area contributed by atoms with E-state index in [1.807, 2.05) is 0 Å². The highest BCUT2D eigenvalue weighted by atomic mass is 35.5. The lowest BCUT2D eigenvalue weighted by molar-refractivity contribution is -0.132. The van der Waals surface area contributed by atoms with Crippen LogP contribution in [0.25, 0.3) is 10.9 Å². The molecule has 2 amide bonds. The second-order valence-electron chi connectivity index (χ2n) is 5.62. The zero-order valence-electron chi connectivity index (χ0n) is 12.4. The summed E-state index contributed by atoms with van der Waals surface area (Å²) >= 11 is 5.92. The molecule has 1 saturated heterocycles. The van der Waals surface area contributed by atoms with Gasteiger partial charge < -0.3 is 0 Å². The van der Waals surface area contributed by atoms with Crippen LogP contribution in [0.1, 0.15) is 25.1 Å². The number of rotatable bonds is 1. The first-order chi connectivity index (χ1) is 10.8. The van der Waals surface area contributed by atoms with Crippen LogP contribution in [0.3, 0.4) is 0 Å². The highest BCUT2D eigenvalue weighted by Crippen LogP contribution is 2.24. The van der Waals surface area contributed by atoms with E-state index in [0.29, 0.717) is 22.3 Å². The summed E-state index contributed by atoms with van der Waals surface area (Å²) in [4.78, 5) is 41.1. The number of nitrogens with zero attached hydrogens (tertiary/aromatic N) is 2. The molecule has 0 saturated carbocycles. The number of benzene rings is 1. The van der Waals surface area contributed by atoms with E-state index in [1.165, 1.54) is 0 Å². The second kappa shape index (κ2) is 5.49. The lowest BCUT2D eigenvalue weighted by atomic mass is 9.73. The summed E-state index contributed by atoms with van der Waals surface area (Å²) in [5.74, 6) is -0.800. The molecule has 1 aromatic carbocycles. The van der Waals surface area contributed by atoms with Crippen molar-refractivity contribution in [2.24, 2.45) is 0 Å². The van der Waals surface area contributed by atoms with Crippen molar-refractivity contribution in [3.05, 3.63) is 39.4 Å². The molecular formula is C15H13BClN3O3. The van der Waals surface area contributed by atoms with E-state index in [1.54, 1.807) is 25.1 Å². The molecule has 1 N–H and O–H groups in total. The van der Waals surface area contributed by atoms with Crippen LogP contribution < -0.4 is 10.9 Å². The Labute approximate surface area is 138 Å². The normalized spacial score (nSPS) is 22.0. The van der Waals surface area contributed by atoms with Gasteiger partial charge in [-0.05, 0) is 38.0 Å².